The predicted molar refractivity (Wildman–Crippen MR) is 97.6 cm³/mol. The molecule has 8 heteroatoms. The lowest BCUT2D eigenvalue weighted by Crippen LogP contribution is -2.16. The summed E-state index contributed by atoms with van der Waals surface area (Å²) in [4.78, 5) is 21.9. The zero-order chi connectivity index (χ0) is 16.9. The largest absolute Gasteiger partial charge is 0.369 e. The van der Waals surface area contributed by atoms with Crippen LogP contribution in [0.4, 0.5) is 5.82 Å². The van der Waals surface area contributed by atoms with Gasteiger partial charge in [-0.2, -0.15) is 0 Å². The van der Waals surface area contributed by atoms with Crippen LogP contribution in [-0.2, 0) is 19.3 Å². The number of anilines is 1. The highest BCUT2D eigenvalue weighted by molar-refractivity contribution is 7.13. The lowest BCUT2D eigenvalue weighted by atomic mass is 10.1. The summed E-state index contributed by atoms with van der Waals surface area (Å²) in [5.41, 5.74) is 4.27. The molecule has 0 fully saturated rings. The number of nitrogens with one attached hydrogen (secondary N) is 2. The minimum atomic E-state index is 0.792. The third-order valence-electron chi connectivity index (χ3n) is 4.13. The second kappa shape index (κ2) is 7.62. The first-order valence-electron chi connectivity index (χ1n) is 8.38. The summed E-state index contributed by atoms with van der Waals surface area (Å²) >= 11 is 1.60. The minimum Gasteiger partial charge on any atom is -0.369 e. The number of aromatic nitrogens is 5. The molecule has 3 aromatic rings. The van der Waals surface area contributed by atoms with Crippen LogP contribution >= 0.6 is 11.3 Å². The second-order valence-electron chi connectivity index (χ2n) is 5.81. The molecule has 4 heterocycles. The molecule has 0 spiro atoms. The van der Waals surface area contributed by atoms with Gasteiger partial charge < -0.3 is 10.6 Å². The van der Waals surface area contributed by atoms with Crippen molar-refractivity contribution in [3.05, 3.63) is 47.2 Å². The Hall–Kier alpha value is -2.45. The van der Waals surface area contributed by atoms with E-state index >= 15 is 0 Å². The Morgan fingerprint density at radius 3 is 3.00 bits per heavy atom. The van der Waals surface area contributed by atoms with E-state index in [1.807, 2.05) is 0 Å². The first-order valence-corrected chi connectivity index (χ1v) is 9.26. The van der Waals surface area contributed by atoms with Crippen molar-refractivity contribution in [2.75, 3.05) is 25.0 Å². The van der Waals surface area contributed by atoms with Gasteiger partial charge in [-0.1, -0.05) is 0 Å². The molecule has 0 atom stereocenters. The van der Waals surface area contributed by atoms with E-state index in [2.05, 4.69) is 40.9 Å². The third-order valence-corrected chi connectivity index (χ3v) is 5.05. The normalized spacial score (nSPS) is 13.9. The molecule has 0 radical (unpaired) electrons. The van der Waals surface area contributed by atoms with Crippen LogP contribution in [0.1, 0.15) is 17.0 Å². The summed E-state index contributed by atoms with van der Waals surface area (Å²) < 4.78 is 0. The molecule has 7 nitrogen and oxygen atoms in total. The molecule has 0 aromatic carbocycles. The van der Waals surface area contributed by atoms with Gasteiger partial charge in [0.25, 0.3) is 0 Å². The van der Waals surface area contributed by atoms with Gasteiger partial charge in [-0.05, 0) is 13.0 Å². The molecule has 0 bridgehead atoms. The first kappa shape index (κ1) is 16.0. The van der Waals surface area contributed by atoms with E-state index in [1.165, 1.54) is 5.56 Å². The molecule has 0 amide bonds. The topological polar surface area (TPSA) is 88.5 Å². The SMILES string of the molecule is c1cnc(-c2nc(CCNc3ncnc4c3CCNCC4)cs2)cn1. The average molecular weight is 353 g/mol. The van der Waals surface area contributed by atoms with Crippen molar-refractivity contribution in [2.45, 2.75) is 19.3 Å². The lowest BCUT2D eigenvalue weighted by molar-refractivity contribution is 0.708. The van der Waals surface area contributed by atoms with Crippen molar-refractivity contribution in [2.24, 2.45) is 0 Å². The van der Waals surface area contributed by atoms with E-state index in [4.69, 9.17) is 0 Å². The molecule has 0 aliphatic carbocycles. The van der Waals surface area contributed by atoms with Crippen molar-refractivity contribution in [3.8, 4) is 10.7 Å². The van der Waals surface area contributed by atoms with E-state index in [9.17, 15) is 0 Å². The fourth-order valence-electron chi connectivity index (χ4n) is 2.88. The van der Waals surface area contributed by atoms with Crippen molar-refractivity contribution >= 4 is 17.2 Å². The Morgan fingerprint density at radius 1 is 1.12 bits per heavy atom. The highest BCUT2D eigenvalue weighted by Gasteiger charge is 2.14. The maximum atomic E-state index is 4.65. The van der Waals surface area contributed by atoms with Crippen molar-refractivity contribution in [3.63, 3.8) is 0 Å². The molecule has 3 aromatic heterocycles. The van der Waals surface area contributed by atoms with Gasteiger partial charge in [0, 0.05) is 49.3 Å². The van der Waals surface area contributed by atoms with Crippen LogP contribution in [0.25, 0.3) is 10.7 Å². The van der Waals surface area contributed by atoms with E-state index in [0.717, 1.165) is 66.8 Å². The Bertz CT molecular complexity index is 834. The fraction of sp³-hybridized carbons (Fsp3) is 0.353. The summed E-state index contributed by atoms with van der Waals surface area (Å²) in [6.45, 7) is 2.75. The van der Waals surface area contributed by atoms with Gasteiger partial charge >= 0.3 is 0 Å². The van der Waals surface area contributed by atoms with Gasteiger partial charge in [0.1, 0.15) is 22.8 Å². The molecule has 25 heavy (non-hydrogen) atoms. The average Bonchev–Trinajstić information content (AvgIpc) is 2.99. The molecule has 1 aliphatic rings. The van der Waals surface area contributed by atoms with Crippen LogP contribution < -0.4 is 10.6 Å². The molecule has 4 rings (SSSR count). The molecule has 1 aliphatic heterocycles. The fourth-order valence-corrected chi connectivity index (χ4v) is 3.70. The van der Waals surface area contributed by atoms with Crippen LogP contribution in [0.15, 0.2) is 30.3 Å². The Kier molecular flexibility index (Phi) is 4.89. The minimum absolute atomic E-state index is 0.792. The molecular weight excluding hydrogens is 334 g/mol. The molecule has 0 saturated carbocycles. The van der Waals surface area contributed by atoms with Gasteiger partial charge in [-0.25, -0.2) is 15.0 Å². The van der Waals surface area contributed by atoms with Crippen LogP contribution in [0, 0.1) is 0 Å². The third kappa shape index (κ3) is 3.80. The molecular formula is C17H19N7S. The summed E-state index contributed by atoms with van der Waals surface area (Å²) in [6.07, 6.45) is 9.52. The molecule has 2 N–H and O–H groups in total. The van der Waals surface area contributed by atoms with Crippen LogP contribution in [0.2, 0.25) is 0 Å². The van der Waals surface area contributed by atoms with Crippen molar-refractivity contribution in [1.29, 1.82) is 0 Å². The number of thiazole rings is 1. The zero-order valence-electron chi connectivity index (χ0n) is 13.8. The predicted octanol–water partition coefficient (Wildman–Crippen LogP) is 1.73. The standard InChI is InChI=1S/C17H19N7S/c1(12-10-25-17(24-12)15-9-19-7-8-20-15)6-21-16-13-2-4-18-5-3-14(13)22-11-23-16/h7-11,18H,1-6H2,(H,21,22,23). The van der Waals surface area contributed by atoms with Crippen LogP contribution in [0.5, 0.6) is 0 Å². The monoisotopic (exact) mass is 353 g/mol. The second-order valence-corrected chi connectivity index (χ2v) is 6.67. The molecule has 0 saturated heterocycles. The van der Waals surface area contributed by atoms with Gasteiger partial charge in [-0.3, -0.25) is 9.97 Å². The van der Waals surface area contributed by atoms with E-state index in [0.29, 0.717) is 0 Å². The number of rotatable bonds is 5. The van der Waals surface area contributed by atoms with Crippen molar-refractivity contribution < 1.29 is 0 Å². The summed E-state index contributed by atoms with van der Waals surface area (Å²) in [5, 5.41) is 9.85. The Balaban J connectivity index is 1.40. The summed E-state index contributed by atoms with van der Waals surface area (Å²) in [6, 6.07) is 0. The number of fused-ring (bicyclic) bond motifs is 1. The maximum absolute atomic E-state index is 4.65. The van der Waals surface area contributed by atoms with Gasteiger partial charge in [0.05, 0.1) is 17.6 Å². The highest BCUT2D eigenvalue weighted by Crippen LogP contribution is 2.21. The lowest BCUT2D eigenvalue weighted by Gasteiger charge is -2.11. The number of hydrogen-bond acceptors (Lipinski definition) is 8. The van der Waals surface area contributed by atoms with Gasteiger partial charge in [0.2, 0.25) is 0 Å². The van der Waals surface area contributed by atoms with Crippen molar-refractivity contribution in [1.82, 2.24) is 30.2 Å². The Labute approximate surface area is 150 Å². The van der Waals surface area contributed by atoms with Crippen LogP contribution in [-0.4, -0.2) is 44.6 Å². The van der Waals surface area contributed by atoms with E-state index in [1.54, 1.807) is 36.3 Å². The number of nitrogens with zero attached hydrogens (tertiary/aromatic N) is 5. The van der Waals surface area contributed by atoms with E-state index in [-0.39, 0.29) is 0 Å². The van der Waals surface area contributed by atoms with Gasteiger partial charge in [0.15, 0.2) is 0 Å². The quantitative estimate of drug-likeness (QED) is 0.722. The van der Waals surface area contributed by atoms with E-state index < -0.39 is 0 Å². The smallest absolute Gasteiger partial charge is 0.143 e. The number of hydrogen-bond donors (Lipinski definition) is 2. The highest BCUT2D eigenvalue weighted by atomic mass is 32.1. The van der Waals surface area contributed by atoms with Crippen LogP contribution in [0.3, 0.4) is 0 Å². The first-order chi connectivity index (χ1) is 12.4. The maximum Gasteiger partial charge on any atom is 0.143 e. The Morgan fingerprint density at radius 2 is 2.08 bits per heavy atom. The van der Waals surface area contributed by atoms with Gasteiger partial charge in [-0.15, -0.1) is 11.3 Å². The summed E-state index contributed by atoms with van der Waals surface area (Å²) in [5.74, 6) is 0.957. The molecule has 128 valence electrons. The summed E-state index contributed by atoms with van der Waals surface area (Å²) in [7, 11) is 0. The molecule has 0 unspecified atom stereocenters. The zero-order valence-corrected chi connectivity index (χ0v) is 14.6.